The number of carbonyl (C=O) groups is 2. The number of ether oxygens (including phenoxy) is 2. The molecule has 0 spiro atoms. The van der Waals surface area contributed by atoms with Crippen molar-refractivity contribution in [3.05, 3.63) is 18.2 Å². The minimum atomic E-state index is -4.79. The molecule has 0 aliphatic carbocycles. The molecule has 1 aromatic rings. The first kappa shape index (κ1) is 18.1. The molecule has 0 N–H and O–H groups in total. The van der Waals surface area contributed by atoms with Gasteiger partial charge in [-0.1, -0.05) is 0 Å². The fraction of sp³-hybridized carbons (Fsp3) is 0.643. The Kier molecular flexibility index (Phi) is 5.35. The van der Waals surface area contributed by atoms with E-state index >= 15 is 0 Å². The average Bonchev–Trinajstić information content (AvgIpc) is 2.96. The second-order valence-electron chi connectivity index (χ2n) is 5.51. The van der Waals surface area contributed by atoms with Crippen LogP contribution in [0.5, 0.6) is 0 Å². The van der Waals surface area contributed by atoms with E-state index < -0.39 is 36.1 Å². The van der Waals surface area contributed by atoms with Crippen LogP contribution < -0.4 is 0 Å². The van der Waals surface area contributed by atoms with E-state index in [1.54, 1.807) is 0 Å². The Morgan fingerprint density at radius 1 is 1.42 bits per heavy atom. The molecule has 2 atom stereocenters. The van der Waals surface area contributed by atoms with Crippen molar-refractivity contribution in [2.45, 2.75) is 25.1 Å². The van der Waals surface area contributed by atoms with Gasteiger partial charge in [0, 0.05) is 32.5 Å². The van der Waals surface area contributed by atoms with Crippen molar-refractivity contribution in [3.63, 3.8) is 0 Å². The van der Waals surface area contributed by atoms with Gasteiger partial charge in [0.2, 0.25) is 0 Å². The smallest absolute Gasteiger partial charge is 0.432 e. The Morgan fingerprint density at radius 2 is 2.12 bits per heavy atom. The lowest BCUT2D eigenvalue weighted by atomic mass is 9.98. The first-order valence-electron chi connectivity index (χ1n) is 7.31. The Morgan fingerprint density at radius 3 is 2.67 bits per heavy atom. The zero-order chi connectivity index (χ0) is 17.9. The van der Waals surface area contributed by atoms with E-state index in [2.05, 4.69) is 9.72 Å². The lowest BCUT2D eigenvalue weighted by molar-refractivity contribution is -0.229. The summed E-state index contributed by atoms with van der Waals surface area (Å²) in [6.07, 6.45) is -4.50. The number of aryl methyl sites for hydroxylation is 1. The SMILES string of the molecule is COC(=O)N1CCC[C@H](C(=O)O[C@H](c2nccn2C)C(F)(F)F)C1. The highest BCUT2D eigenvalue weighted by Gasteiger charge is 2.47. The number of halogens is 3. The molecular weight excluding hydrogens is 331 g/mol. The molecular formula is C14H18F3N3O4. The maximum Gasteiger partial charge on any atom is 0.432 e. The van der Waals surface area contributed by atoms with E-state index in [4.69, 9.17) is 4.74 Å². The van der Waals surface area contributed by atoms with Gasteiger partial charge in [-0.2, -0.15) is 13.2 Å². The molecule has 1 aromatic heterocycles. The van der Waals surface area contributed by atoms with Crippen LogP contribution >= 0.6 is 0 Å². The molecule has 0 aromatic carbocycles. The monoisotopic (exact) mass is 349 g/mol. The number of nitrogens with zero attached hydrogens (tertiary/aromatic N) is 3. The number of aromatic nitrogens is 2. The minimum absolute atomic E-state index is 0.0311. The quantitative estimate of drug-likeness (QED) is 0.781. The van der Waals surface area contributed by atoms with Crippen molar-refractivity contribution in [1.29, 1.82) is 0 Å². The summed E-state index contributed by atoms with van der Waals surface area (Å²) in [6, 6.07) is 0. The molecule has 0 bridgehead atoms. The zero-order valence-electron chi connectivity index (χ0n) is 13.2. The van der Waals surface area contributed by atoms with Crippen LogP contribution in [0, 0.1) is 5.92 Å². The summed E-state index contributed by atoms with van der Waals surface area (Å²) in [5, 5.41) is 0. The predicted molar refractivity (Wildman–Crippen MR) is 74.8 cm³/mol. The minimum Gasteiger partial charge on any atom is -0.453 e. The number of alkyl halides is 3. The van der Waals surface area contributed by atoms with Crippen LogP contribution in [-0.2, 0) is 21.3 Å². The largest absolute Gasteiger partial charge is 0.453 e. The molecule has 1 amide bonds. The van der Waals surface area contributed by atoms with E-state index in [1.165, 1.54) is 31.5 Å². The number of likely N-dealkylation sites (tertiary alicyclic amines) is 1. The summed E-state index contributed by atoms with van der Waals surface area (Å²) in [7, 11) is 2.58. The van der Waals surface area contributed by atoms with Gasteiger partial charge in [0.25, 0.3) is 6.10 Å². The fourth-order valence-corrected chi connectivity index (χ4v) is 2.57. The lowest BCUT2D eigenvalue weighted by Gasteiger charge is -2.31. The number of hydrogen-bond acceptors (Lipinski definition) is 5. The second kappa shape index (κ2) is 7.10. The van der Waals surface area contributed by atoms with Crippen molar-refractivity contribution in [3.8, 4) is 0 Å². The number of imidazole rings is 1. The van der Waals surface area contributed by atoms with Crippen LogP contribution in [0.15, 0.2) is 12.4 Å². The Hall–Kier alpha value is -2.26. The first-order chi connectivity index (χ1) is 11.2. The maximum absolute atomic E-state index is 13.2. The van der Waals surface area contributed by atoms with Crippen LogP contribution in [0.1, 0.15) is 24.8 Å². The van der Waals surface area contributed by atoms with Crippen molar-refractivity contribution in [2.24, 2.45) is 13.0 Å². The van der Waals surface area contributed by atoms with Crippen molar-refractivity contribution >= 4 is 12.1 Å². The van der Waals surface area contributed by atoms with Crippen LogP contribution in [0.2, 0.25) is 0 Å². The molecule has 1 aliphatic rings. The van der Waals surface area contributed by atoms with Gasteiger partial charge in [-0.3, -0.25) is 4.79 Å². The molecule has 2 rings (SSSR count). The van der Waals surface area contributed by atoms with Gasteiger partial charge in [0.15, 0.2) is 5.82 Å². The highest BCUT2D eigenvalue weighted by Crippen LogP contribution is 2.36. The third-order valence-electron chi connectivity index (χ3n) is 3.81. The standard InChI is InChI=1S/C14H18F3N3O4/c1-19-7-5-18-11(19)10(14(15,16)17)24-12(21)9-4-3-6-20(8-9)13(22)23-2/h5,7,9-10H,3-4,6,8H2,1-2H3/t9-,10+/m0/s1. The zero-order valence-corrected chi connectivity index (χ0v) is 13.2. The third-order valence-corrected chi connectivity index (χ3v) is 3.81. The third kappa shape index (κ3) is 3.98. The van der Waals surface area contributed by atoms with Crippen LogP contribution in [0.25, 0.3) is 0 Å². The molecule has 134 valence electrons. The van der Waals surface area contributed by atoms with E-state index in [-0.39, 0.29) is 6.54 Å². The average molecular weight is 349 g/mol. The summed E-state index contributed by atoms with van der Waals surface area (Å²) in [5.41, 5.74) is 0. The van der Waals surface area contributed by atoms with Gasteiger partial charge in [-0.25, -0.2) is 9.78 Å². The molecule has 1 aliphatic heterocycles. The molecule has 2 heterocycles. The molecule has 0 saturated carbocycles. The molecule has 10 heteroatoms. The van der Waals surface area contributed by atoms with Crippen LogP contribution in [0.4, 0.5) is 18.0 Å². The highest BCUT2D eigenvalue weighted by atomic mass is 19.4. The fourth-order valence-electron chi connectivity index (χ4n) is 2.57. The van der Waals surface area contributed by atoms with Gasteiger partial charge >= 0.3 is 18.2 Å². The van der Waals surface area contributed by atoms with Crippen molar-refractivity contribution in [1.82, 2.24) is 14.5 Å². The summed E-state index contributed by atoms with van der Waals surface area (Å²) in [4.78, 5) is 28.6. The van der Waals surface area contributed by atoms with E-state index in [0.717, 1.165) is 4.57 Å². The summed E-state index contributed by atoms with van der Waals surface area (Å²) in [5.74, 6) is -2.24. The molecule has 7 nitrogen and oxygen atoms in total. The Balaban J connectivity index is 2.11. The summed E-state index contributed by atoms with van der Waals surface area (Å²) in [6.45, 7) is 0.356. The van der Waals surface area contributed by atoms with Gasteiger partial charge in [0.1, 0.15) is 0 Å². The van der Waals surface area contributed by atoms with Gasteiger partial charge in [-0.15, -0.1) is 0 Å². The first-order valence-corrected chi connectivity index (χ1v) is 7.31. The maximum atomic E-state index is 13.2. The number of amides is 1. The molecule has 0 unspecified atom stereocenters. The predicted octanol–water partition coefficient (Wildman–Crippen LogP) is 2.05. The number of methoxy groups -OCH3 is 1. The van der Waals surface area contributed by atoms with E-state index in [1.807, 2.05) is 0 Å². The molecule has 1 fully saturated rings. The normalized spacial score (nSPS) is 19.7. The number of carbonyl (C=O) groups excluding carboxylic acids is 2. The summed E-state index contributed by atoms with van der Waals surface area (Å²) >= 11 is 0. The van der Waals surface area contributed by atoms with Gasteiger partial charge in [-0.05, 0) is 12.8 Å². The number of hydrogen-bond donors (Lipinski definition) is 0. The van der Waals surface area contributed by atoms with Crippen molar-refractivity contribution < 1.29 is 32.2 Å². The topological polar surface area (TPSA) is 73.7 Å². The van der Waals surface area contributed by atoms with Gasteiger partial charge in [0.05, 0.1) is 13.0 Å². The number of piperidine rings is 1. The van der Waals surface area contributed by atoms with Crippen molar-refractivity contribution in [2.75, 3.05) is 20.2 Å². The van der Waals surface area contributed by atoms with Crippen LogP contribution in [0.3, 0.4) is 0 Å². The van der Waals surface area contributed by atoms with E-state index in [9.17, 15) is 22.8 Å². The highest BCUT2D eigenvalue weighted by molar-refractivity contribution is 5.75. The summed E-state index contributed by atoms with van der Waals surface area (Å²) < 4.78 is 50.1. The molecule has 1 saturated heterocycles. The number of rotatable bonds is 3. The van der Waals surface area contributed by atoms with E-state index in [0.29, 0.717) is 19.4 Å². The lowest BCUT2D eigenvalue weighted by Crippen LogP contribution is -2.43. The van der Waals surface area contributed by atoms with Gasteiger partial charge < -0.3 is 18.9 Å². The molecule has 24 heavy (non-hydrogen) atoms. The van der Waals surface area contributed by atoms with Crippen LogP contribution in [-0.4, -0.2) is 52.9 Å². The Labute approximate surface area is 136 Å². The molecule has 0 radical (unpaired) electrons. The number of esters is 1. The Bertz CT molecular complexity index is 602. The second-order valence-corrected chi connectivity index (χ2v) is 5.51.